The second-order valence-corrected chi connectivity index (χ2v) is 8.01. The molecule has 6 aromatic rings. The number of hydrogen-bond donors (Lipinski definition) is 1. The van der Waals surface area contributed by atoms with Crippen molar-refractivity contribution < 1.29 is 5.11 Å². The van der Waals surface area contributed by atoms with Crippen LogP contribution < -0.4 is 5.46 Å². The predicted molar refractivity (Wildman–Crippen MR) is 119 cm³/mol. The van der Waals surface area contributed by atoms with Crippen molar-refractivity contribution in [2.24, 2.45) is 0 Å². The molecular weight excluding hydrogens is 363 g/mol. The number of phenolic OH excluding ortho intramolecular Hbond substituents is 1. The quantitative estimate of drug-likeness (QED) is 0.408. The predicted octanol–water partition coefficient (Wildman–Crippen LogP) is 5.05. The van der Waals surface area contributed by atoms with Crippen LogP contribution in [0.4, 0.5) is 0 Å². The van der Waals surface area contributed by atoms with Crippen LogP contribution in [0.3, 0.4) is 0 Å². The maximum atomic E-state index is 10.1. The molecule has 5 heteroatoms. The molecule has 6 rings (SSSR count). The third-order valence-electron chi connectivity index (χ3n) is 5.21. The number of benzene rings is 3. The molecule has 0 aliphatic carbocycles. The van der Waals surface area contributed by atoms with E-state index in [0.29, 0.717) is 5.46 Å². The molecule has 28 heavy (non-hydrogen) atoms. The number of fused-ring (bicyclic) bond motifs is 6. The highest BCUT2D eigenvalue weighted by molar-refractivity contribution is 7.25. The minimum atomic E-state index is 0.228. The van der Waals surface area contributed by atoms with Gasteiger partial charge in [0.05, 0.1) is 21.3 Å². The van der Waals surface area contributed by atoms with E-state index < -0.39 is 0 Å². The molecule has 0 saturated heterocycles. The van der Waals surface area contributed by atoms with E-state index in [1.165, 1.54) is 4.70 Å². The van der Waals surface area contributed by atoms with Crippen LogP contribution in [-0.4, -0.2) is 22.5 Å². The number of pyridine rings is 1. The highest BCUT2D eigenvalue weighted by Gasteiger charge is 2.15. The van der Waals surface area contributed by atoms with Gasteiger partial charge in [-0.05, 0) is 36.4 Å². The van der Waals surface area contributed by atoms with Crippen LogP contribution in [-0.2, 0) is 0 Å². The smallest absolute Gasteiger partial charge is 0.138 e. The Balaban J connectivity index is 1.76. The summed E-state index contributed by atoms with van der Waals surface area (Å²) in [5, 5.41) is 13.4. The van der Waals surface area contributed by atoms with E-state index in [1.807, 2.05) is 36.4 Å². The molecule has 1 N–H and O–H groups in total. The average Bonchev–Trinajstić information content (AvgIpc) is 3.22. The van der Waals surface area contributed by atoms with Gasteiger partial charge in [0.1, 0.15) is 19.4 Å². The molecule has 3 aromatic carbocycles. The fourth-order valence-corrected chi connectivity index (χ4v) is 5.03. The highest BCUT2D eigenvalue weighted by Crippen LogP contribution is 2.36. The van der Waals surface area contributed by atoms with Crippen molar-refractivity contribution in [1.29, 1.82) is 0 Å². The Morgan fingerprint density at radius 1 is 0.786 bits per heavy atom. The number of phenols is 1. The van der Waals surface area contributed by atoms with Gasteiger partial charge in [-0.15, -0.1) is 11.3 Å². The molecule has 0 fully saturated rings. The number of thiophene rings is 1. The molecule has 0 aliphatic rings. The molecular formula is C23H13BN2OS. The van der Waals surface area contributed by atoms with Crippen molar-refractivity contribution in [2.75, 3.05) is 0 Å². The summed E-state index contributed by atoms with van der Waals surface area (Å²) in [6, 6.07) is 23.8. The fourth-order valence-electron chi connectivity index (χ4n) is 3.98. The molecule has 3 nitrogen and oxygen atoms in total. The number of rotatable bonds is 1. The second kappa shape index (κ2) is 5.60. The van der Waals surface area contributed by atoms with Crippen LogP contribution in [0.5, 0.6) is 5.75 Å². The van der Waals surface area contributed by atoms with E-state index >= 15 is 0 Å². The normalized spacial score (nSPS) is 11.9. The molecule has 0 amide bonds. The zero-order valence-corrected chi connectivity index (χ0v) is 15.6. The minimum Gasteiger partial charge on any atom is -0.508 e. The summed E-state index contributed by atoms with van der Waals surface area (Å²) in [7, 11) is 6.04. The third kappa shape index (κ3) is 2.14. The lowest BCUT2D eigenvalue weighted by Gasteiger charge is -2.07. The second-order valence-electron chi connectivity index (χ2n) is 6.93. The molecule has 0 spiro atoms. The Labute approximate surface area is 165 Å². The lowest BCUT2D eigenvalue weighted by molar-refractivity contribution is 0.476. The van der Waals surface area contributed by atoms with Crippen LogP contribution in [0.1, 0.15) is 0 Å². The van der Waals surface area contributed by atoms with Gasteiger partial charge in [-0.1, -0.05) is 35.8 Å². The van der Waals surface area contributed by atoms with Gasteiger partial charge < -0.3 is 5.11 Å². The van der Waals surface area contributed by atoms with Gasteiger partial charge >= 0.3 is 0 Å². The molecule has 0 atom stereocenters. The fraction of sp³-hybridized carbons (Fsp3) is 0. The average molecular weight is 376 g/mol. The van der Waals surface area contributed by atoms with Crippen molar-refractivity contribution in [1.82, 2.24) is 9.55 Å². The van der Waals surface area contributed by atoms with Crippen LogP contribution in [0.2, 0.25) is 0 Å². The summed E-state index contributed by atoms with van der Waals surface area (Å²) >= 11 is 1.75. The first-order chi connectivity index (χ1) is 13.7. The number of aromatic hydroxyl groups is 1. The maximum Gasteiger partial charge on any atom is 0.138 e. The Morgan fingerprint density at radius 2 is 1.68 bits per heavy atom. The molecule has 3 heterocycles. The van der Waals surface area contributed by atoms with Crippen molar-refractivity contribution in [3.63, 3.8) is 0 Å². The molecule has 2 radical (unpaired) electrons. The number of hydrogen-bond acceptors (Lipinski definition) is 3. The maximum absolute atomic E-state index is 10.1. The van der Waals surface area contributed by atoms with E-state index in [1.54, 1.807) is 23.5 Å². The minimum absolute atomic E-state index is 0.228. The van der Waals surface area contributed by atoms with E-state index in [2.05, 4.69) is 28.8 Å². The van der Waals surface area contributed by atoms with E-state index in [-0.39, 0.29) is 5.75 Å². The van der Waals surface area contributed by atoms with Gasteiger partial charge in [-0.25, -0.2) is 4.98 Å². The molecule has 0 bridgehead atoms. The van der Waals surface area contributed by atoms with Crippen LogP contribution >= 0.6 is 11.3 Å². The van der Waals surface area contributed by atoms with Crippen LogP contribution in [0, 0.1) is 0 Å². The van der Waals surface area contributed by atoms with Gasteiger partial charge in [0.15, 0.2) is 0 Å². The van der Waals surface area contributed by atoms with E-state index in [9.17, 15) is 5.11 Å². The lowest BCUT2D eigenvalue weighted by Crippen LogP contribution is -2.01. The Hall–Kier alpha value is -3.31. The van der Waals surface area contributed by atoms with E-state index in [4.69, 9.17) is 12.8 Å². The van der Waals surface area contributed by atoms with Gasteiger partial charge in [0, 0.05) is 26.9 Å². The standard InChI is InChI=1S/C23H13BN2OS/c24-13-5-8-18-17(11-13)15-7-6-14(27)12-19(15)26(18)22-10-9-21-23(25-22)16-3-1-2-4-20(16)28-21/h1-12,27H. The van der Waals surface area contributed by atoms with Gasteiger partial charge in [-0.2, -0.15) is 0 Å². The Bertz CT molecular complexity index is 1550. The van der Waals surface area contributed by atoms with Crippen LogP contribution in [0.15, 0.2) is 72.8 Å². The molecule has 0 aliphatic heterocycles. The first-order valence-electron chi connectivity index (χ1n) is 9.00. The molecule has 0 saturated carbocycles. The van der Waals surface area contributed by atoms with Crippen LogP contribution in [0.25, 0.3) is 47.9 Å². The first-order valence-corrected chi connectivity index (χ1v) is 9.82. The summed E-state index contributed by atoms with van der Waals surface area (Å²) in [6.07, 6.45) is 0. The zero-order chi connectivity index (χ0) is 18.8. The van der Waals surface area contributed by atoms with Gasteiger partial charge in [-0.3, -0.25) is 4.57 Å². The summed E-state index contributed by atoms with van der Waals surface area (Å²) in [5.41, 5.74) is 3.64. The summed E-state index contributed by atoms with van der Waals surface area (Å²) < 4.78 is 4.49. The van der Waals surface area contributed by atoms with E-state index in [0.717, 1.165) is 43.2 Å². The Morgan fingerprint density at radius 3 is 2.61 bits per heavy atom. The highest BCUT2D eigenvalue weighted by atomic mass is 32.1. The molecule has 0 unspecified atom stereocenters. The van der Waals surface area contributed by atoms with Crippen molar-refractivity contribution in [3.8, 4) is 11.6 Å². The molecule has 3 aromatic heterocycles. The summed E-state index contributed by atoms with van der Waals surface area (Å²) in [5.74, 6) is 1.05. The van der Waals surface area contributed by atoms with Gasteiger partial charge in [0.25, 0.3) is 0 Å². The van der Waals surface area contributed by atoms with Crippen molar-refractivity contribution in [3.05, 3.63) is 72.8 Å². The third-order valence-corrected chi connectivity index (χ3v) is 6.33. The zero-order valence-electron chi connectivity index (χ0n) is 14.8. The van der Waals surface area contributed by atoms with Gasteiger partial charge in [0.2, 0.25) is 0 Å². The lowest BCUT2D eigenvalue weighted by atomic mass is 9.94. The largest absolute Gasteiger partial charge is 0.508 e. The molecule has 130 valence electrons. The topological polar surface area (TPSA) is 38.0 Å². The SMILES string of the molecule is [B]c1ccc2c(c1)c1ccc(O)cc1n2-c1ccc2sc3ccccc3c2n1. The Kier molecular flexibility index (Phi) is 3.14. The van der Waals surface area contributed by atoms with Crippen molar-refractivity contribution in [2.45, 2.75) is 0 Å². The van der Waals surface area contributed by atoms with Crippen molar-refractivity contribution >= 4 is 66.8 Å². The first kappa shape index (κ1) is 15.7. The summed E-state index contributed by atoms with van der Waals surface area (Å²) in [6.45, 7) is 0. The monoisotopic (exact) mass is 376 g/mol. The number of aromatic nitrogens is 2. The summed E-state index contributed by atoms with van der Waals surface area (Å²) in [4.78, 5) is 5.02. The number of nitrogens with zero attached hydrogens (tertiary/aromatic N) is 2.